The van der Waals surface area contributed by atoms with Gasteiger partial charge in [0, 0.05) is 24.9 Å². The topological polar surface area (TPSA) is 102 Å². The van der Waals surface area contributed by atoms with Crippen LogP contribution in [0.2, 0.25) is 5.02 Å². The second-order valence-electron chi connectivity index (χ2n) is 4.89. The van der Waals surface area contributed by atoms with Crippen LogP contribution in [0, 0.1) is 0 Å². The molecule has 0 aliphatic rings. The van der Waals surface area contributed by atoms with E-state index in [1.165, 1.54) is 0 Å². The Morgan fingerprint density at radius 3 is 2.88 bits per heavy atom. The van der Waals surface area contributed by atoms with Gasteiger partial charge in [-0.05, 0) is 12.1 Å². The molecule has 0 radical (unpaired) electrons. The molecule has 2 rings (SSSR count). The van der Waals surface area contributed by atoms with Crippen molar-refractivity contribution in [2.24, 2.45) is 0 Å². The molecular weight excluding hydrogens is 336 g/mol. The van der Waals surface area contributed by atoms with Gasteiger partial charge in [0.15, 0.2) is 11.7 Å². The minimum Gasteiger partial charge on any atom is -0.480 e. The van der Waals surface area contributed by atoms with E-state index in [1.807, 2.05) is 18.2 Å². The van der Waals surface area contributed by atoms with Gasteiger partial charge in [-0.1, -0.05) is 23.7 Å². The van der Waals surface area contributed by atoms with E-state index in [1.54, 1.807) is 12.3 Å². The monoisotopic (exact) mass is 352 g/mol. The number of aryl methyl sites for hydroxylation is 1. The van der Waals surface area contributed by atoms with Crippen LogP contribution in [0.15, 0.2) is 34.9 Å². The number of amides is 1. The number of hydrogen-bond acceptors (Lipinski definition) is 5. The van der Waals surface area contributed by atoms with Crippen molar-refractivity contribution < 1.29 is 23.8 Å². The molecule has 0 aliphatic carbocycles. The van der Waals surface area contributed by atoms with Crippen molar-refractivity contribution in [2.75, 3.05) is 19.8 Å². The van der Waals surface area contributed by atoms with E-state index in [0.717, 1.165) is 5.56 Å². The number of carbonyl (C=O) groups excluding carboxylic acids is 1. The highest BCUT2D eigenvalue weighted by Gasteiger charge is 2.11. The van der Waals surface area contributed by atoms with Crippen molar-refractivity contribution in [2.45, 2.75) is 12.8 Å². The van der Waals surface area contributed by atoms with Crippen LogP contribution in [0.5, 0.6) is 0 Å². The molecule has 1 aromatic heterocycles. The number of nitrogens with zero attached hydrogens (tertiary/aromatic N) is 1. The standard InChI is InChI=1S/C16H17ClN2O5/c17-12-4-2-1-3-11(12)13-9-19-15(24-13)6-5-14(20)18-7-8-23-10-16(21)22/h1-4,9H,5-8,10H2,(H,18,20)(H,21,22). The number of aliphatic carboxylic acids is 1. The Balaban J connectivity index is 1.74. The minimum absolute atomic E-state index is 0.147. The first-order chi connectivity index (χ1) is 11.6. The van der Waals surface area contributed by atoms with E-state index in [0.29, 0.717) is 23.1 Å². The van der Waals surface area contributed by atoms with Crippen LogP contribution in [-0.2, 0) is 20.7 Å². The largest absolute Gasteiger partial charge is 0.480 e. The average Bonchev–Trinajstić information content (AvgIpc) is 3.01. The first kappa shape index (κ1) is 18.0. The second-order valence-corrected chi connectivity index (χ2v) is 5.30. The van der Waals surface area contributed by atoms with Gasteiger partial charge in [-0.25, -0.2) is 9.78 Å². The van der Waals surface area contributed by atoms with Crippen molar-refractivity contribution in [1.29, 1.82) is 0 Å². The number of aromatic nitrogens is 1. The number of nitrogens with one attached hydrogen (secondary N) is 1. The smallest absolute Gasteiger partial charge is 0.329 e. The molecule has 0 spiro atoms. The molecule has 128 valence electrons. The zero-order valence-corrected chi connectivity index (χ0v) is 13.6. The van der Waals surface area contributed by atoms with E-state index in [4.69, 9.17) is 25.9 Å². The highest BCUT2D eigenvalue weighted by molar-refractivity contribution is 6.33. The van der Waals surface area contributed by atoms with Crippen molar-refractivity contribution in [1.82, 2.24) is 10.3 Å². The quantitative estimate of drug-likeness (QED) is 0.670. The molecule has 0 atom stereocenters. The SMILES string of the molecule is O=C(O)COCCNC(=O)CCc1ncc(-c2ccccc2Cl)o1. The molecule has 0 saturated carbocycles. The van der Waals surface area contributed by atoms with Crippen LogP contribution in [0.4, 0.5) is 0 Å². The number of benzene rings is 1. The van der Waals surface area contributed by atoms with E-state index >= 15 is 0 Å². The van der Waals surface area contributed by atoms with Crippen LogP contribution < -0.4 is 5.32 Å². The van der Waals surface area contributed by atoms with Gasteiger partial charge in [0.2, 0.25) is 5.91 Å². The molecule has 2 N–H and O–H groups in total. The van der Waals surface area contributed by atoms with E-state index in [2.05, 4.69) is 10.3 Å². The molecule has 1 amide bonds. The molecule has 1 heterocycles. The third-order valence-corrected chi connectivity index (χ3v) is 3.38. The van der Waals surface area contributed by atoms with Gasteiger partial charge in [-0.3, -0.25) is 4.79 Å². The highest BCUT2D eigenvalue weighted by Crippen LogP contribution is 2.28. The zero-order chi connectivity index (χ0) is 17.4. The van der Waals surface area contributed by atoms with Crippen LogP contribution in [0.1, 0.15) is 12.3 Å². The Bertz CT molecular complexity index is 701. The summed E-state index contributed by atoms with van der Waals surface area (Å²) in [4.78, 5) is 26.1. The number of carboxylic acids is 1. The first-order valence-corrected chi connectivity index (χ1v) is 7.70. The summed E-state index contributed by atoms with van der Waals surface area (Å²) < 4.78 is 10.4. The Kier molecular flexibility index (Phi) is 6.77. The first-order valence-electron chi connectivity index (χ1n) is 7.32. The maximum atomic E-state index is 11.7. The predicted octanol–water partition coefficient (Wildman–Crippen LogP) is 2.15. The third-order valence-electron chi connectivity index (χ3n) is 3.05. The van der Waals surface area contributed by atoms with Gasteiger partial charge in [0.1, 0.15) is 6.61 Å². The maximum absolute atomic E-state index is 11.7. The highest BCUT2D eigenvalue weighted by atomic mass is 35.5. The van der Waals surface area contributed by atoms with E-state index < -0.39 is 5.97 Å². The van der Waals surface area contributed by atoms with E-state index in [9.17, 15) is 9.59 Å². The molecule has 24 heavy (non-hydrogen) atoms. The van der Waals surface area contributed by atoms with Crippen molar-refractivity contribution in [3.8, 4) is 11.3 Å². The summed E-state index contributed by atoms with van der Waals surface area (Å²) in [5.74, 6) is -0.230. The average molecular weight is 353 g/mol. The minimum atomic E-state index is -1.04. The summed E-state index contributed by atoms with van der Waals surface area (Å²) >= 11 is 6.10. The lowest BCUT2D eigenvalue weighted by atomic mass is 10.2. The summed E-state index contributed by atoms with van der Waals surface area (Å²) in [6, 6.07) is 7.27. The number of halogens is 1. The molecule has 0 fully saturated rings. The van der Waals surface area contributed by atoms with Gasteiger partial charge in [-0.2, -0.15) is 0 Å². The summed E-state index contributed by atoms with van der Waals surface area (Å²) in [7, 11) is 0. The maximum Gasteiger partial charge on any atom is 0.329 e. The van der Waals surface area contributed by atoms with Crippen LogP contribution >= 0.6 is 11.6 Å². The molecule has 1 aromatic carbocycles. The van der Waals surface area contributed by atoms with Gasteiger partial charge in [0.25, 0.3) is 0 Å². The second kappa shape index (κ2) is 9.05. The van der Waals surface area contributed by atoms with Gasteiger partial charge in [0.05, 0.1) is 17.8 Å². The molecule has 7 nitrogen and oxygen atoms in total. The predicted molar refractivity (Wildman–Crippen MR) is 86.7 cm³/mol. The lowest BCUT2D eigenvalue weighted by Crippen LogP contribution is -2.28. The third kappa shape index (κ3) is 5.68. The van der Waals surface area contributed by atoms with Crippen molar-refractivity contribution in [3.05, 3.63) is 41.4 Å². The summed E-state index contributed by atoms with van der Waals surface area (Å²) in [5, 5.41) is 11.6. The number of rotatable bonds is 9. The Morgan fingerprint density at radius 1 is 1.33 bits per heavy atom. The molecule has 0 saturated heterocycles. The zero-order valence-electron chi connectivity index (χ0n) is 12.8. The van der Waals surface area contributed by atoms with Crippen molar-refractivity contribution >= 4 is 23.5 Å². The number of carboxylic acid groups (broad SMARTS) is 1. The fraction of sp³-hybridized carbons (Fsp3) is 0.312. The Morgan fingerprint density at radius 2 is 2.12 bits per heavy atom. The number of hydrogen-bond donors (Lipinski definition) is 2. The molecular formula is C16H17ClN2O5. The number of carbonyl (C=O) groups is 2. The van der Waals surface area contributed by atoms with Gasteiger partial charge < -0.3 is 19.6 Å². The molecule has 8 heteroatoms. The molecule has 0 bridgehead atoms. The fourth-order valence-electron chi connectivity index (χ4n) is 1.94. The van der Waals surface area contributed by atoms with Gasteiger partial charge in [-0.15, -0.1) is 0 Å². The molecule has 0 unspecified atom stereocenters. The molecule has 2 aromatic rings. The lowest BCUT2D eigenvalue weighted by Gasteiger charge is -2.04. The summed E-state index contributed by atoms with van der Waals surface area (Å²) in [6.45, 7) is 0.0211. The fourth-order valence-corrected chi connectivity index (χ4v) is 2.17. The van der Waals surface area contributed by atoms with Crippen LogP contribution in [0.3, 0.4) is 0 Å². The number of oxazole rings is 1. The summed E-state index contributed by atoms with van der Waals surface area (Å²) in [6.07, 6.45) is 2.14. The van der Waals surface area contributed by atoms with Gasteiger partial charge >= 0.3 is 5.97 Å². The molecule has 0 aliphatic heterocycles. The summed E-state index contributed by atoms with van der Waals surface area (Å²) in [5.41, 5.74) is 0.748. The van der Waals surface area contributed by atoms with Crippen LogP contribution in [0.25, 0.3) is 11.3 Å². The van der Waals surface area contributed by atoms with E-state index in [-0.39, 0.29) is 32.1 Å². The van der Waals surface area contributed by atoms with Crippen molar-refractivity contribution in [3.63, 3.8) is 0 Å². The normalized spacial score (nSPS) is 10.5. The number of ether oxygens (including phenoxy) is 1. The Labute approximate surface area is 143 Å². The van der Waals surface area contributed by atoms with Crippen LogP contribution in [-0.4, -0.2) is 41.7 Å². The Hall–Kier alpha value is -2.38. The lowest BCUT2D eigenvalue weighted by molar-refractivity contribution is -0.142.